The van der Waals surface area contributed by atoms with Crippen molar-refractivity contribution >= 4 is 17.5 Å². The number of rotatable bonds is 7. The lowest BCUT2D eigenvalue weighted by Gasteiger charge is -2.26. The van der Waals surface area contributed by atoms with Gasteiger partial charge in [-0.15, -0.1) is 0 Å². The molecule has 26 heavy (non-hydrogen) atoms. The summed E-state index contributed by atoms with van der Waals surface area (Å²) in [6.07, 6.45) is 0. The average Bonchev–Trinajstić information content (AvgIpc) is 2.62. The zero-order chi connectivity index (χ0) is 19.1. The van der Waals surface area contributed by atoms with E-state index < -0.39 is 0 Å². The molecule has 0 aliphatic heterocycles. The van der Waals surface area contributed by atoms with Gasteiger partial charge >= 0.3 is 0 Å². The minimum Gasteiger partial charge on any atom is -0.334 e. The van der Waals surface area contributed by atoms with Gasteiger partial charge < -0.3 is 15.1 Å². The first-order chi connectivity index (χ1) is 12.4. The smallest absolute Gasteiger partial charge is 0.279 e. The average molecular weight is 354 g/mol. The summed E-state index contributed by atoms with van der Waals surface area (Å²) in [7, 11) is 3.66. The van der Waals surface area contributed by atoms with E-state index >= 15 is 0 Å². The molecule has 5 nitrogen and oxygen atoms in total. The fourth-order valence-corrected chi connectivity index (χ4v) is 2.73. The predicted octanol–water partition coefficient (Wildman–Crippen LogP) is 1.67. The number of carbonyl (C=O) groups is 2. The highest BCUT2D eigenvalue weighted by Crippen LogP contribution is 2.17. The van der Waals surface area contributed by atoms with E-state index in [9.17, 15) is 9.59 Å². The Morgan fingerprint density at radius 3 is 2.27 bits per heavy atom. The number of likely N-dealkylation sites (N-methyl/N-ethyl adjacent to an activating group) is 2. The number of carbonyl (C=O) groups excluding carboxylic acids is 2. The Kier molecular flexibility index (Phi) is 6.92. The largest absolute Gasteiger partial charge is 0.334 e. The molecule has 0 saturated carbocycles. The molecule has 2 rings (SSSR count). The number of amides is 2. The maximum Gasteiger partial charge on any atom is 0.279 e. The van der Waals surface area contributed by atoms with Crippen molar-refractivity contribution in [1.82, 2.24) is 4.90 Å². The van der Waals surface area contributed by atoms with Gasteiger partial charge in [0.1, 0.15) is 0 Å². The van der Waals surface area contributed by atoms with Crippen LogP contribution in [0.2, 0.25) is 0 Å². The first-order valence-corrected chi connectivity index (χ1v) is 8.85. The highest BCUT2D eigenvalue weighted by molar-refractivity contribution is 5.91. The van der Waals surface area contributed by atoms with Crippen LogP contribution in [0.1, 0.15) is 24.1 Å². The third-order valence-electron chi connectivity index (χ3n) is 4.51. The van der Waals surface area contributed by atoms with Crippen molar-refractivity contribution in [3.8, 4) is 0 Å². The van der Waals surface area contributed by atoms with Gasteiger partial charge in [-0.2, -0.15) is 0 Å². The summed E-state index contributed by atoms with van der Waals surface area (Å²) in [6, 6.07) is 17.6. The summed E-state index contributed by atoms with van der Waals surface area (Å²) in [5, 5.41) is 2.87. The van der Waals surface area contributed by atoms with Crippen LogP contribution in [0.3, 0.4) is 0 Å². The molecule has 2 atom stereocenters. The van der Waals surface area contributed by atoms with Crippen LogP contribution in [0.15, 0.2) is 54.6 Å². The monoisotopic (exact) mass is 354 g/mol. The van der Waals surface area contributed by atoms with Gasteiger partial charge in [-0.3, -0.25) is 9.59 Å². The second kappa shape index (κ2) is 9.15. The Morgan fingerprint density at radius 1 is 1.04 bits per heavy atom. The normalized spacial score (nSPS) is 12.9. The van der Waals surface area contributed by atoms with Gasteiger partial charge in [0.25, 0.3) is 11.8 Å². The second-order valence-corrected chi connectivity index (χ2v) is 6.82. The quantitative estimate of drug-likeness (QED) is 0.795. The Labute approximate surface area is 155 Å². The fourth-order valence-electron chi connectivity index (χ4n) is 2.73. The second-order valence-electron chi connectivity index (χ2n) is 6.82. The summed E-state index contributed by atoms with van der Waals surface area (Å²) < 4.78 is 0. The third-order valence-corrected chi connectivity index (χ3v) is 4.51. The van der Waals surface area contributed by atoms with E-state index in [0.717, 1.165) is 21.7 Å². The number of anilines is 1. The molecular formula is C21H28N3O2+. The first-order valence-electron chi connectivity index (χ1n) is 8.85. The number of quaternary nitrogens is 1. The maximum atomic E-state index is 12.5. The molecule has 0 aromatic heterocycles. The van der Waals surface area contributed by atoms with Gasteiger partial charge in [-0.05, 0) is 31.5 Å². The van der Waals surface area contributed by atoms with Gasteiger partial charge in [-0.1, -0.05) is 48.0 Å². The van der Waals surface area contributed by atoms with Crippen molar-refractivity contribution in [1.29, 1.82) is 0 Å². The summed E-state index contributed by atoms with van der Waals surface area (Å²) >= 11 is 0. The van der Waals surface area contributed by atoms with Crippen LogP contribution in [0.5, 0.6) is 0 Å². The molecule has 138 valence electrons. The molecule has 0 saturated heterocycles. The number of hydrogen-bond donors (Lipinski definition) is 2. The lowest BCUT2D eigenvalue weighted by atomic mass is 10.1. The predicted molar refractivity (Wildman–Crippen MR) is 104 cm³/mol. The molecule has 2 aromatic carbocycles. The summed E-state index contributed by atoms with van der Waals surface area (Å²) in [5.74, 6) is -0.0834. The Bertz CT molecular complexity index is 729. The molecule has 0 spiro atoms. The molecule has 0 radical (unpaired) electrons. The highest BCUT2D eigenvalue weighted by atomic mass is 16.2. The number of benzene rings is 2. The summed E-state index contributed by atoms with van der Waals surface area (Å²) in [6.45, 7) is 4.52. The standard InChI is InChI=1S/C21H27N3O2/c1-16-10-12-19(13-11-16)22-20(25)14-23(3)15-21(26)24(4)17(2)18-8-6-5-7-9-18/h5-13,17H,14-15H2,1-4H3,(H,22,25)/p+1/t17-/m1/s1. The van der Waals surface area contributed by atoms with Crippen LogP contribution in [-0.2, 0) is 9.59 Å². The molecule has 0 bridgehead atoms. The molecule has 1 unspecified atom stereocenters. The SMILES string of the molecule is Cc1ccc(NC(=O)C[NH+](C)CC(=O)N(C)[C@H](C)c2ccccc2)cc1. The van der Waals surface area contributed by atoms with Crippen molar-refractivity contribution in [3.05, 3.63) is 65.7 Å². The highest BCUT2D eigenvalue weighted by Gasteiger charge is 2.21. The molecule has 0 fully saturated rings. The van der Waals surface area contributed by atoms with E-state index in [1.165, 1.54) is 0 Å². The van der Waals surface area contributed by atoms with Crippen LogP contribution in [0.25, 0.3) is 0 Å². The van der Waals surface area contributed by atoms with Crippen LogP contribution in [0, 0.1) is 6.92 Å². The van der Waals surface area contributed by atoms with Gasteiger partial charge in [-0.25, -0.2) is 0 Å². The van der Waals surface area contributed by atoms with Crippen molar-refractivity contribution in [2.75, 3.05) is 32.5 Å². The number of nitrogens with one attached hydrogen (secondary N) is 2. The van der Waals surface area contributed by atoms with Crippen LogP contribution < -0.4 is 10.2 Å². The van der Waals surface area contributed by atoms with Gasteiger partial charge in [0.15, 0.2) is 13.1 Å². The van der Waals surface area contributed by atoms with E-state index in [2.05, 4.69) is 5.32 Å². The molecule has 0 aliphatic carbocycles. The van der Waals surface area contributed by atoms with E-state index in [-0.39, 0.29) is 30.9 Å². The zero-order valence-corrected chi connectivity index (χ0v) is 16.0. The van der Waals surface area contributed by atoms with Gasteiger partial charge in [0.05, 0.1) is 13.1 Å². The van der Waals surface area contributed by atoms with E-state index in [1.807, 2.05) is 75.5 Å². The third kappa shape index (κ3) is 5.70. The van der Waals surface area contributed by atoms with Crippen molar-refractivity contribution < 1.29 is 14.5 Å². The Balaban J connectivity index is 1.84. The minimum absolute atomic E-state index is 0.00196. The van der Waals surface area contributed by atoms with Gasteiger partial charge in [0, 0.05) is 12.7 Å². The van der Waals surface area contributed by atoms with E-state index in [4.69, 9.17) is 0 Å². The molecule has 2 N–H and O–H groups in total. The molecule has 2 aromatic rings. The van der Waals surface area contributed by atoms with Gasteiger partial charge in [0.2, 0.25) is 0 Å². The zero-order valence-electron chi connectivity index (χ0n) is 16.0. The van der Waals surface area contributed by atoms with Crippen molar-refractivity contribution in [3.63, 3.8) is 0 Å². The Hall–Kier alpha value is -2.66. The lowest BCUT2D eigenvalue weighted by molar-refractivity contribution is -0.862. The van der Waals surface area contributed by atoms with Crippen LogP contribution >= 0.6 is 0 Å². The van der Waals surface area contributed by atoms with Crippen molar-refractivity contribution in [2.24, 2.45) is 0 Å². The summed E-state index contributed by atoms with van der Waals surface area (Å²) in [5.41, 5.74) is 3.01. The van der Waals surface area contributed by atoms with Crippen LogP contribution in [-0.4, -0.2) is 43.9 Å². The minimum atomic E-state index is -0.0992. The Morgan fingerprint density at radius 2 is 1.65 bits per heavy atom. The van der Waals surface area contributed by atoms with Crippen LogP contribution in [0.4, 0.5) is 5.69 Å². The fraction of sp³-hybridized carbons (Fsp3) is 0.333. The molecule has 0 heterocycles. The molecule has 2 amide bonds. The molecule has 5 heteroatoms. The summed E-state index contributed by atoms with van der Waals surface area (Å²) in [4.78, 5) is 27.3. The lowest BCUT2D eigenvalue weighted by Crippen LogP contribution is -3.11. The molecular weight excluding hydrogens is 326 g/mol. The number of aryl methyl sites for hydroxylation is 1. The van der Waals surface area contributed by atoms with E-state index in [1.54, 1.807) is 11.9 Å². The number of nitrogens with zero attached hydrogens (tertiary/aromatic N) is 1. The topological polar surface area (TPSA) is 53.9 Å². The molecule has 0 aliphatic rings. The first kappa shape index (κ1) is 19.7. The maximum absolute atomic E-state index is 12.5. The van der Waals surface area contributed by atoms with E-state index in [0.29, 0.717) is 0 Å². The van der Waals surface area contributed by atoms with Crippen molar-refractivity contribution in [2.45, 2.75) is 19.9 Å². The number of hydrogen-bond acceptors (Lipinski definition) is 2.